The highest BCUT2D eigenvalue weighted by atomic mass is 31.0. The molecule has 3 heteroatoms. The standard InChI is InChI=1S/C78H59N2P/c1-77(2)65-44-57(37-39-59(65)71-67(77)46-63(75-73(71)61-33-14-16-35-69(61)79-75)54-30-18-27-51(41-54)48-21-8-5-9-22-48)80(56-32-20-29-53(43-56)50-25-12-7-13-26-50)58-38-40-60-66(45-58)78(3,4)68-47-64(55-31-19-28-52(42-55)49-23-10-6-11-24-49)76-74(72(60)68)62-34-15-17-36-70(62)81-76/h5-43,45-47,65,79,81H,44H2,1-4H3. The lowest BCUT2D eigenvalue weighted by Crippen LogP contribution is -2.29. The summed E-state index contributed by atoms with van der Waals surface area (Å²) >= 11 is 0. The number of hydrogen-bond acceptors (Lipinski definition) is 1. The zero-order valence-electron chi connectivity index (χ0n) is 46.0. The number of fused-ring (bicyclic) bond motifs is 14. The van der Waals surface area contributed by atoms with E-state index in [2.05, 4.69) is 292 Å². The maximum Gasteiger partial charge on any atom is 0.0550 e. The van der Waals surface area contributed by atoms with Crippen LogP contribution in [0, 0.1) is 5.92 Å². The first-order valence-corrected chi connectivity index (χ1v) is 29.7. The van der Waals surface area contributed by atoms with E-state index in [4.69, 9.17) is 0 Å². The van der Waals surface area contributed by atoms with Crippen LogP contribution in [0.25, 0.3) is 115 Å². The van der Waals surface area contributed by atoms with Crippen LogP contribution < -0.4 is 4.90 Å². The molecule has 1 N–H and O–H groups in total. The smallest absolute Gasteiger partial charge is 0.0550 e. The van der Waals surface area contributed by atoms with E-state index in [0.29, 0.717) is 8.19 Å². The van der Waals surface area contributed by atoms with E-state index < -0.39 is 0 Å². The van der Waals surface area contributed by atoms with Gasteiger partial charge in [-0.2, -0.15) is 0 Å². The number of aromatic nitrogens is 1. The van der Waals surface area contributed by atoms with Crippen molar-refractivity contribution in [2.75, 3.05) is 4.90 Å². The Kier molecular flexibility index (Phi) is 10.7. The maximum absolute atomic E-state index is 3.97. The van der Waals surface area contributed by atoms with Crippen molar-refractivity contribution >= 4 is 68.0 Å². The quantitative estimate of drug-likeness (QED) is 0.161. The van der Waals surface area contributed by atoms with Gasteiger partial charge in [-0.05, 0) is 178 Å². The van der Waals surface area contributed by atoms with Gasteiger partial charge in [-0.25, -0.2) is 0 Å². The molecule has 0 aliphatic heterocycles. The van der Waals surface area contributed by atoms with E-state index >= 15 is 0 Å². The third kappa shape index (κ3) is 7.40. The van der Waals surface area contributed by atoms with E-state index in [1.165, 1.54) is 149 Å². The zero-order valence-corrected chi connectivity index (χ0v) is 47.0. The molecule has 0 bridgehead atoms. The fraction of sp³-hybridized carbons (Fsp3) is 0.103. The number of nitrogens with zero attached hydrogens (tertiary/aromatic N) is 1. The first-order chi connectivity index (χ1) is 39.7. The Bertz CT molecular complexity index is 4780. The Morgan fingerprint density at radius 1 is 0.420 bits per heavy atom. The summed E-state index contributed by atoms with van der Waals surface area (Å²) in [7, 11) is 0.583. The van der Waals surface area contributed by atoms with Gasteiger partial charge in [0.2, 0.25) is 0 Å². The molecule has 2 atom stereocenters. The Labute approximate surface area is 475 Å². The summed E-state index contributed by atoms with van der Waals surface area (Å²) in [6.45, 7) is 9.94. The Hall–Kier alpha value is -9.20. The van der Waals surface area contributed by atoms with Gasteiger partial charge < -0.3 is 9.88 Å². The molecular weight excluding hydrogens is 996 g/mol. The summed E-state index contributed by atoms with van der Waals surface area (Å²) in [5.41, 5.74) is 27.8. The van der Waals surface area contributed by atoms with Crippen LogP contribution in [0.4, 0.5) is 11.4 Å². The minimum Gasteiger partial charge on any atom is -0.354 e. The van der Waals surface area contributed by atoms with E-state index in [-0.39, 0.29) is 16.7 Å². The zero-order chi connectivity index (χ0) is 54.1. The number of para-hydroxylation sites is 1. The lowest BCUT2D eigenvalue weighted by atomic mass is 9.73. The monoisotopic (exact) mass is 1050 g/mol. The Morgan fingerprint density at radius 2 is 0.975 bits per heavy atom. The van der Waals surface area contributed by atoms with Crippen molar-refractivity contribution in [3.63, 3.8) is 0 Å². The summed E-state index contributed by atoms with van der Waals surface area (Å²) in [5.74, 6) is 0.229. The molecule has 2 aromatic heterocycles. The van der Waals surface area contributed by atoms with Crippen LogP contribution in [-0.4, -0.2) is 4.98 Å². The molecule has 3 aliphatic carbocycles. The summed E-state index contributed by atoms with van der Waals surface area (Å²) in [4.78, 5) is 6.57. The molecule has 386 valence electrons. The predicted molar refractivity (Wildman–Crippen MR) is 347 cm³/mol. The average molecular weight is 1060 g/mol. The summed E-state index contributed by atoms with van der Waals surface area (Å²) in [6, 6.07) is 90.7. The second-order valence-corrected chi connectivity index (χ2v) is 25.1. The van der Waals surface area contributed by atoms with Crippen LogP contribution in [0.5, 0.6) is 0 Å². The van der Waals surface area contributed by atoms with Crippen molar-refractivity contribution in [1.29, 1.82) is 0 Å². The number of aromatic amines is 1. The summed E-state index contributed by atoms with van der Waals surface area (Å²) in [5, 5.41) is 8.29. The van der Waals surface area contributed by atoms with Gasteiger partial charge in [0.05, 0.1) is 5.52 Å². The van der Waals surface area contributed by atoms with Gasteiger partial charge in [0.15, 0.2) is 0 Å². The Morgan fingerprint density at radius 3 is 1.67 bits per heavy atom. The molecule has 0 amide bonds. The fourth-order valence-corrected chi connectivity index (χ4v) is 16.0. The molecule has 11 aromatic carbocycles. The van der Waals surface area contributed by atoms with Crippen molar-refractivity contribution in [2.45, 2.75) is 44.9 Å². The number of allylic oxidation sites excluding steroid dienone is 4. The molecule has 16 rings (SSSR count). The minimum atomic E-state index is -0.286. The van der Waals surface area contributed by atoms with E-state index in [0.717, 1.165) is 12.1 Å². The van der Waals surface area contributed by atoms with Crippen LogP contribution in [0.3, 0.4) is 0 Å². The van der Waals surface area contributed by atoms with Crippen LogP contribution in [0.1, 0.15) is 56.4 Å². The highest BCUT2D eigenvalue weighted by molar-refractivity contribution is 7.44. The molecule has 2 heterocycles. The molecule has 2 nitrogen and oxygen atoms in total. The van der Waals surface area contributed by atoms with Crippen molar-refractivity contribution < 1.29 is 0 Å². The summed E-state index contributed by atoms with van der Waals surface area (Å²) in [6.07, 6.45) is 5.83. The molecule has 2 unspecified atom stereocenters. The number of nitrogens with one attached hydrogen (secondary N) is 1. The van der Waals surface area contributed by atoms with Crippen molar-refractivity contribution in [3.05, 3.63) is 283 Å². The van der Waals surface area contributed by atoms with Gasteiger partial charge >= 0.3 is 0 Å². The Balaban J connectivity index is 0.866. The molecule has 0 saturated carbocycles. The highest BCUT2D eigenvalue weighted by Crippen LogP contribution is 2.61. The van der Waals surface area contributed by atoms with Crippen molar-refractivity contribution in [2.24, 2.45) is 5.92 Å². The SMILES string of the molecule is CC1(C)c2cc(N(C3=CC=C4c5c(cc(-c6cccc(-c7ccccc7)c6)c6[nH]c7ccccc7c56)C(C)(C)C4C3)c3cccc(-c4ccccc4)c3)ccc2-c2c1cc(-c1cccc(-c3ccccc3)c1)c1[pH]c3ccccc3c21. The van der Waals surface area contributed by atoms with Gasteiger partial charge in [-0.15, -0.1) is 8.19 Å². The predicted octanol–water partition coefficient (Wildman–Crippen LogP) is 21.7. The average Bonchev–Trinajstić information content (AvgIpc) is 4.40. The molecule has 0 saturated heterocycles. The molecular formula is C78H59N2P. The molecule has 0 spiro atoms. The highest BCUT2D eigenvalue weighted by Gasteiger charge is 2.47. The first-order valence-electron chi connectivity index (χ1n) is 28.7. The van der Waals surface area contributed by atoms with Gasteiger partial charge in [-0.1, -0.05) is 222 Å². The molecule has 13 aromatic rings. The van der Waals surface area contributed by atoms with E-state index in [1.807, 2.05) is 0 Å². The number of rotatable bonds is 8. The van der Waals surface area contributed by atoms with Crippen molar-refractivity contribution in [3.8, 4) is 66.8 Å². The molecule has 3 aliphatic rings. The van der Waals surface area contributed by atoms with Crippen LogP contribution in [-0.2, 0) is 10.8 Å². The third-order valence-electron chi connectivity index (χ3n) is 18.6. The largest absolute Gasteiger partial charge is 0.354 e. The molecule has 81 heavy (non-hydrogen) atoms. The first kappa shape index (κ1) is 47.8. The van der Waals surface area contributed by atoms with Gasteiger partial charge in [-0.3, -0.25) is 0 Å². The maximum atomic E-state index is 3.97. The van der Waals surface area contributed by atoms with Crippen LogP contribution in [0.15, 0.2) is 261 Å². The summed E-state index contributed by atoms with van der Waals surface area (Å²) < 4.78 is 0. The number of H-pyrrole nitrogens is 1. The second-order valence-electron chi connectivity index (χ2n) is 23.8. The fourth-order valence-electron chi connectivity index (χ4n) is 14.5. The number of benzene rings is 11. The minimum absolute atomic E-state index is 0.187. The van der Waals surface area contributed by atoms with E-state index in [9.17, 15) is 0 Å². The van der Waals surface area contributed by atoms with Crippen molar-refractivity contribution in [1.82, 2.24) is 4.98 Å². The lowest BCUT2D eigenvalue weighted by molar-refractivity contribution is 0.407. The molecule has 0 radical (unpaired) electrons. The van der Waals surface area contributed by atoms with Gasteiger partial charge in [0, 0.05) is 54.8 Å². The number of hydrogen-bond donors (Lipinski definition) is 1. The van der Waals surface area contributed by atoms with Gasteiger partial charge in [0.25, 0.3) is 0 Å². The molecule has 0 fully saturated rings. The number of anilines is 2. The normalized spacial score (nSPS) is 15.7. The third-order valence-corrected chi connectivity index (χ3v) is 20.1. The van der Waals surface area contributed by atoms with Crippen LogP contribution >= 0.6 is 8.19 Å². The van der Waals surface area contributed by atoms with Crippen LogP contribution in [0.2, 0.25) is 0 Å². The topological polar surface area (TPSA) is 19.0 Å². The van der Waals surface area contributed by atoms with E-state index in [1.54, 1.807) is 0 Å². The van der Waals surface area contributed by atoms with Gasteiger partial charge in [0.1, 0.15) is 0 Å². The second kappa shape index (κ2) is 18.2. The lowest BCUT2D eigenvalue weighted by Gasteiger charge is -2.36.